The topological polar surface area (TPSA) is 46.6 Å². The molecule has 0 N–H and O–H groups in total. The Hall–Kier alpha value is -1.58. The fourth-order valence-electron chi connectivity index (χ4n) is 2.97. The van der Waals surface area contributed by atoms with Gasteiger partial charge in [-0.15, -0.1) is 0 Å². The van der Waals surface area contributed by atoms with Gasteiger partial charge < -0.3 is 4.74 Å². The molecule has 0 aliphatic carbocycles. The van der Waals surface area contributed by atoms with E-state index in [4.69, 9.17) is 4.74 Å². The van der Waals surface area contributed by atoms with Crippen LogP contribution in [-0.2, 0) is 14.3 Å². The molecule has 0 aromatic heterocycles. The Labute approximate surface area is 134 Å². The fraction of sp³-hybridized carbons (Fsp3) is 0.667. The number of allylic oxidation sites excluding steroid dienone is 1. The summed E-state index contributed by atoms with van der Waals surface area (Å²) >= 11 is 0. The van der Waals surface area contributed by atoms with Gasteiger partial charge >= 0.3 is 5.97 Å². The predicted octanol–water partition coefficient (Wildman–Crippen LogP) is 3.89. The highest BCUT2D eigenvalue weighted by Crippen LogP contribution is 2.43. The summed E-state index contributed by atoms with van der Waals surface area (Å²) in [4.78, 5) is 25.6. The van der Waals surface area contributed by atoms with E-state index < -0.39 is 5.97 Å². The molecule has 1 amide bonds. The number of rotatable bonds is 7. The largest absolute Gasteiger partial charge is 0.440 e. The standard InChI is InChI=1S/C18H29NO3/c1-8-13(4)10-18(6,7)15-9-14(5)19(16(15)20)11-22-17(21)12(2)3/h13,15H,2,5,8-11H2,1,3-4,6-7H3. The monoisotopic (exact) mass is 307 g/mol. The van der Waals surface area contributed by atoms with Gasteiger partial charge in [0, 0.05) is 17.2 Å². The Morgan fingerprint density at radius 1 is 1.50 bits per heavy atom. The van der Waals surface area contributed by atoms with Crippen LogP contribution in [0.5, 0.6) is 0 Å². The molecule has 4 nitrogen and oxygen atoms in total. The highest BCUT2D eigenvalue weighted by molar-refractivity contribution is 5.88. The Balaban J connectivity index is 2.75. The molecule has 1 saturated heterocycles. The maximum absolute atomic E-state index is 12.7. The summed E-state index contributed by atoms with van der Waals surface area (Å²) in [6.45, 7) is 17.7. The van der Waals surface area contributed by atoms with Crippen molar-refractivity contribution in [3.05, 3.63) is 24.4 Å². The van der Waals surface area contributed by atoms with Crippen molar-refractivity contribution >= 4 is 11.9 Å². The molecule has 1 aliphatic rings. The van der Waals surface area contributed by atoms with E-state index in [0.717, 1.165) is 18.5 Å². The minimum Gasteiger partial charge on any atom is -0.440 e. The molecule has 0 aromatic carbocycles. The Bertz CT molecular complexity index is 479. The van der Waals surface area contributed by atoms with Gasteiger partial charge in [0.1, 0.15) is 0 Å². The van der Waals surface area contributed by atoms with Gasteiger partial charge in [0.05, 0.1) is 0 Å². The molecule has 2 unspecified atom stereocenters. The fourth-order valence-corrected chi connectivity index (χ4v) is 2.97. The smallest absolute Gasteiger partial charge is 0.334 e. The molecule has 0 saturated carbocycles. The Morgan fingerprint density at radius 2 is 2.09 bits per heavy atom. The van der Waals surface area contributed by atoms with Gasteiger partial charge in [-0.25, -0.2) is 4.79 Å². The van der Waals surface area contributed by atoms with E-state index in [0.29, 0.717) is 17.9 Å². The number of likely N-dealkylation sites (tertiary alicyclic amines) is 1. The summed E-state index contributed by atoms with van der Waals surface area (Å²) in [5.41, 5.74) is 0.954. The van der Waals surface area contributed by atoms with Crippen molar-refractivity contribution in [1.29, 1.82) is 0 Å². The first-order valence-corrected chi connectivity index (χ1v) is 7.92. The lowest BCUT2D eigenvalue weighted by atomic mass is 9.71. The van der Waals surface area contributed by atoms with Crippen molar-refractivity contribution in [2.24, 2.45) is 17.3 Å². The van der Waals surface area contributed by atoms with Crippen LogP contribution in [0.3, 0.4) is 0 Å². The lowest BCUT2D eigenvalue weighted by Crippen LogP contribution is -2.36. The highest BCUT2D eigenvalue weighted by Gasteiger charge is 2.44. The van der Waals surface area contributed by atoms with E-state index in [1.54, 1.807) is 6.92 Å². The van der Waals surface area contributed by atoms with Gasteiger partial charge in [0.15, 0.2) is 6.73 Å². The van der Waals surface area contributed by atoms with Crippen molar-refractivity contribution in [1.82, 2.24) is 4.90 Å². The molecule has 2 atom stereocenters. The molecule has 4 heteroatoms. The van der Waals surface area contributed by atoms with Gasteiger partial charge in [-0.3, -0.25) is 9.69 Å². The van der Waals surface area contributed by atoms with Crippen LogP contribution in [-0.4, -0.2) is 23.5 Å². The van der Waals surface area contributed by atoms with E-state index in [-0.39, 0.29) is 24.0 Å². The second-order valence-electron chi connectivity index (χ2n) is 7.14. The van der Waals surface area contributed by atoms with Crippen LogP contribution < -0.4 is 0 Å². The van der Waals surface area contributed by atoms with Crippen LogP contribution >= 0.6 is 0 Å². The third-order valence-electron chi connectivity index (χ3n) is 4.57. The molecule has 124 valence electrons. The number of ether oxygens (including phenoxy) is 1. The summed E-state index contributed by atoms with van der Waals surface area (Å²) in [7, 11) is 0. The molecule has 22 heavy (non-hydrogen) atoms. The number of hydrogen-bond acceptors (Lipinski definition) is 3. The van der Waals surface area contributed by atoms with Crippen molar-refractivity contribution in [2.75, 3.05) is 6.73 Å². The van der Waals surface area contributed by atoms with Crippen molar-refractivity contribution < 1.29 is 14.3 Å². The molecule has 1 fully saturated rings. The van der Waals surface area contributed by atoms with Gasteiger partial charge in [-0.1, -0.05) is 47.3 Å². The molecule has 1 aliphatic heterocycles. The van der Waals surface area contributed by atoms with Crippen LogP contribution in [0, 0.1) is 17.3 Å². The molecule has 1 heterocycles. The SMILES string of the molecule is C=C(C)C(=O)OCN1C(=C)CC(C(C)(C)CC(C)CC)C1=O. The van der Waals surface area contributed by atoms with E-state index in [9.17, 15) is 9.59 Å². The van der Waals surface area contributed by atoms with Gasteiger partial charge in [0.2, 0.25) is 5.91 Å². The van der Waals surface area contributed by atoms with Crippen molar-refractivity contribution in [2.45, 2.75) is 53.9 Å². The normalized spacial score (nSPS) is 20.2. The summed E-state index contributed by atoms with van der Waals surface area (Å²) in [5, 5.41) is 0. The van der Waals surface area contributed by atoms with Crippen LogP contribution in [0.4, 0.5) is 0 Å². The third-order valence-corrected chi connectivity index (χ3v) is 4.57. The first-order valence-electron chi connectivity index (χ1n) is 7.92. The average molecular weight is 307 g/mol. The number of nitrogens with zero attached hydrogens (tertiary/aromatic N) is 1. The van der Waals surface area contributed by atoms with Crippen molar-refractivity contribution in [3.63, 3.8) is 0 Å². The second-order valence-corrected chi connectivity index (χ2v) is 7.14. The average Bonchev–Trinajstić information content (AvgIpc) is 2.71. The quantitative estimate of drug-likeness (QED) is 0.529. The maximum atomic E-state index is 12.7. The van der Waals surface area contributed by atoms with E-state index in [1.807, 2.05) is 0 Å². The van der Waals surface area contributed by atoms with E-state index in [2.05, 4.69) is 40.9 Å². The maximum Gasteiger partial charge on any atom is 0.334 e. The van der Waals surface area contributed by atoms with Crippen molar-refractivity contribution in [3.8, 4) is 0 Å². The van der Waals surface area contributed by atoms with Gasteiger partial charge in [0.25, 0.3) is 0 Å². The molecule has 0 spiro atoms. The minimum absolute atomic E-state index is 0.00724. The molecular formula is C18H29NO3. The van der Waals surface area contributed by atoms with Crippen LogP contribution in [0.2, 0.25) is 0 Å². The number of carbonyl (C=O) groups is 2. The van der Waals surface area contributed by atoms with E-state index >= 15 is 0 Å². The molecule has 1 rings (SSSR count). The summed E-state index contributed by atoms with van der Waals surface area (Å²) in [6, 6.07) is 0. The van der Waals surface area contributed by atoms with Crippen LogP contribution in [0.15, 0.2) is 24.4 Å². The second kappa shape index (κ2) is 7.12. The zero-order valence-electron chi connectivity index (χ0n) is 14.6. The zero-order valence-corrected chi connectivity index (χ0v) is 14.6. The molecule has 0 radical (unpaired) electrons. The molecule has 0 aromatic rings. The first-order chi connectivity index (χ1) is 10.1. The van der Waals surface area contributed by atoms with Crippen LogP contribution in [0.1, 0.15) is 53.9 Å². The third kappa shape index (κ3) is 4.21. The van der Waals surface area contributed by atoms with Gasteiger partial charge in [-0.2, -0.15) is 0 Å². The molecule has 0 bridgehead atoms. The number of hydrogen-bond donors (Lipinski definition) is 0. The lowest BCUT2D eigenvalue weighted by Gasteiger charge is -2.32. The number of carbonyl (C=O) groups excluding carboxylic acids is 2. The Morgan fingerprint density at radius 3 is 2.59 bits per heavy atom. The zero-order chi connectivity index (χ0) is 17.1. The Kier molecular flexibility index (Phi) is 5.98. The molecular weight excluding hydrogens is 278 g/mol. The van der Waals surface area contributed by atoms with Gasteiger partial charge in [-0.05, 0) is 31.1 Å². The summed E-state index contributed by atoms with van der Waals surface area (Å²) in [6.07, 6.45) is 2.73. The summed E-state index contributed by atoms with van der Waals surface area (Å²) in [5.74, 6) is -0.000350. The summed E-state index contributed by atoms with van der Waals surface area (Å²) < 4.78 is 5.10. The first kappa shape index (κ1) is 18.5. The highest BCUT2D eigenvalue weighted by atomic mass is 16.5. The lowest BCUT2D eigenvalue weighted by molar-refractivity contribution is -0.148. The number of esters is 1. The predicted molar refractivity (Wildman–Crippen MR) is 87.7 cm³/mol. The van der Waals surface area contributed by atoms with E-state index in [1.165, 1.54) is 4.90 Å². The minimum atomic E-state index is -0.483. The number of amides is 1. The van der Waals surface area contributed by atoms with Crippen LogP contribution in [0.25, 0.3) is 0 Å².